The van der Waals surface area contributed by atoms with Crippen molar-refractivity contribution >= 4 is 22.1 Å². The van der Waals surface area contributed by atoms with E-state index in [1.54, 1.807) is 60.6 Å². The van der Waals surface area contributed by atoms with Gasteiger partial charge in [-0.1, -0.05) is 26.0 Å². The molecule has 1 aliphatic rings. The molecule has 0 unspecified atom stereocenters. The van der Waals surface area contributed by atoms with Gasteiger partial charge in [0.05, 0.1) is 23.0 Å². The maximum Gasteiger partial charge on any atom is 0.424 e. The van der Waals surface area contributed by atoms with Gasteiger partial charge in [-0.2, -0.15) is 4.31 Å². The topological polar surface area (TPSA) is 90.0 Å². The lowest BCUT2D eigenvalue weighted by molar-refractivity contribution is -0.145. The molecule has 1 fully saturated rings. The summed E-state index contributed by atoms with van der Waals surface area (Å²) in [6, 6.07) is 6.36. The molecule has 1 aromatic carbocycles. The number of benzene rings is 1. The minimum absolute atomic E-state index is 0.0109. The second-order valence-corrected chi connectivity index (χ2v) is 12.3. The average Bonchev–Trinajstić information content (AvgIpc) is 3.14. The summed E-state index contributed by atoms with van der Waals surface area (Å²) >= 11 is 0. The summed E-state index contributed by atoms with van der Waals surface area (Å²) in [6.07, 6.45) is -0.922. The number of hydrogen-bond donors (Lipinski definition) is 0. The van der Waals surface area contributed by atoms with Gasteiger partial charge in [0.15, 0.2) is 0 Å². The maximum absolute atomic E-state index is 13.3. The minimum atomic E-state index is -4.15. The van der Waals surface area contributed by atoms with Crippen molar-refractivity contribution in [3.8, 4) is 0 Å². The highest BCUT2D eigenvalue weighted by Crippen LogP contribution is 2.64. The van der Waals surface area contributed by atoms with E-state index in [2.05, 4.69) is 0 Å². The first-order valence-electron chi connectivity index (χ1n) is 10.5. The van der Waals surface area contributed by atoms with Crippen LogP contribution in [0.4, 0.5) is 4.79 Å². The van der Waals surface area contributed by atoms with Crippen molar-refractivity contribution < 1.29 is 27.5 Å². The Bertz CT molecular complexity index is 936. The first-order chi connectivity index (χ1) is 13.9. The number of carbonyl (C=O) groups is 2. The van der Waals surface area contributed by atoms with Crippen LogP contribution in [0.3, 0.4) is 0 Å². The number of carbonyl (C=O) groups excluding carboxylic acids is 2. The summed E-state index contributed by atoms with van der Waals surface area (Å²) in [4.78, 5) is 25.0. The number of hydrogen-bond acceptors (Lipinski definition) is 6. The SMILES string of the molecule is CCOC(=O)[C@@H]1[C@@H](c2ccc(S(=O)(=O)N(C(=O)OC(C)(C)C)C(C)(C)C)cc2)C1(C)C. The lowest BCUT2D eigenvalue weighted by Gasteiger charge is -2.35. The first-order valence-corrected chi connectivity index (χ1v) is 11.9. The van der Waals surface area contributed by atoms with Crippen LogP contribution in [0.2, 0.25) is 0 Å². The Kier molecular flexibility index (Phi) is 6.59. The van der Waals surface area contributed by atoms with E-state index < -0.39 is 27.3 Å². The average molecular weight is 454 g/mol. The lowest BCUT2D eigenvalue weighted by Crippen LogP contribution is -2.51. The molecule has 0 radical (unpaired) electrons. The van der Waals surface area contributed by atoms with E-state index in [4.69, 9.17) is 9.47 Å². The molecule has 0 spiro atoms. The fourth-order valence-corrected chi connectivity index (χ4v) is 5.57. The van der Waals surface area contributed by atoms with Crippen LogP contribution in [0, 0.1) is 11.3 Å². The maximum atomic E-state index is 13.3. The Hall–Kier alpha value is -2.09. The molecule has 2 rings (SSSR count). The number of sulfonamides is 1. The molecular formula is C23H35NO6S. The lowest BCUT2D eigenvalue weighted by atomic mass is 10.0. The van der Waals surface area contributed by atoms with E-state index in [1.165, 1.54) is 12.1 Å². The first kappa shape index (κ1) is 25.2. The summed E-state index contributed by atoms with van der Waals surface area (Å²) < 4.78 is 38.0. The van der Waals surface area contributed by atoms with Crippen LogP contribution in [0.15, 0.2) is 29.2 Å². The fraction of sp³-hybridized carbons (Fsp3) is 0.652. The van der Waals surface area contributed by atoms with Gasteiger partial charge < -0.3 is 9.47 Å². The Morgan fingerprint density at radius 1 is 1.03 bits per heavy atom. The fourth-order valence-electron chi connectivity index (χ4n) is 3.92. The zero-order valence-electron chi connectivity index (χ0n) is 20.0. The molecule has 1 saturated carbocycles. The van der Waals surface area contributed by atoms with Crippen LogP contribution >= 0.6 is 0 Å². The standard InChI is InChI=1S/C23H35NO6S/c1-10-29-19(25)18-17(23(18,8)9)15-11-13-16(14-12-15)31(27,28)24(21(2,3)4)20(26)30-22(5,6)7/h11-14,17-18H,10H2,1-9H3/t17-,18+/m1/s1. The molecule has 31 heavy (non-hydrogen) atoms. The van der Waals surface area contributed by atoms with Gasteiger partial charge in [-0.25, -0.2) is 13.2 Å². The predicted octanol–water partition coefficient (Wildman–Crippen LogP) is 4.71. The van der Waals surface area contributed by atoms with Gasteiger partial charge in [-0.05, 0) is 71.6 Å². The number of esters is 1. The molecule has 0 bridgehead atoms. The van der Waals surface area contributed by atoms with Gasteiger partial charge in [0.2, 0.25) is 0 Å². The molecule has 174 valence electrons. The van der Waals surface area contributed by atoms with E-state index in [0.717, 1.165) is 9.87 Å². The number of nitrogens with zero attached hydrogens (tertiary/aromatic N) is 1. The molecule has 0 aliphatic heterocycles. The van der Waals surface area contributed by atoms with Crippen molar-refractivity contribution in [1.82, 2.24) is 4.31 Å². The normalized spacial score (nSPS) is 20.7. The Morgan fingerprint density at radius 2 is 1.55 bits per heavy atom. The molecule has 0 heterocycles. The van der Waals surface area contributed by atoms with Crippen molar-refractivity contribution in [2.75, 3.05) is 6.61 Å². The smallest absolute Gasteiger partial charge is 0.424 e. The third-order valence-corrected chi connectivity index (χ3v) is 7.36. The van der Waals surface area contributed by atoms with Crippen LogP contribution in [0.5, 0.6) is 0 Å². The van der Waals surface area contributed by atoms with Crippen LogP contribution < -0.4 is 0 Å². The molecule has 2 atom stereocenters. The second kappa shape index (κ2) is 8.11. The molecule has 8 heteroatoms. The van der Waals surface area contributed by atoms with Crippen LogP contribution in [0.25, 0.3) is 0 Å². The Balaban J connectivity index is 2.35. The molecule has 0 aromatic heterocycles. The van der Waals surface area contributed by atoms with Gasteiger partial charge in [0.1, 0.15) is 5.60 Å². The van der Waals surface area contributed by atoms with E-state index in [-0.39, 0.29) is 28.1 Å². The molecule has 0 saturated heterocycles. The third-order valence-electron chi connectivity index (χ3n) is 5.31. The van der Waals surface area contributed by atoms with Gasteiger partial charge >= 0.3 is 12.1 Å². The monoisotopic (exact) mass is 453 g/mol. The zero-order valence-corrected chi connectivity index (χ0v) is 20.8. The van der Waals surface area contributed by atoms with Crippen molar-refractivity contribution in [3.63, 3.8) is 0 Å². The Labute approximate surface area is 186 Å². The van der Waals surface area contributed by atoms with Gasteiger partial charge in [0.25, 0.3) is 10.0 Å². The van der Waals surface area contributed by atoms with Crippen molar-refractivity contribution in [1.29, 1.82) is 0 Å². The number of ether oxygens (including phenoxy) is 2. The van der Waals surface area contributed by atoms with Gasteiger partial charge in [0, 0.05) is 5.92 Å². The van der Waals surface area contributed by atoms with E-state index in [0.29, 0.717) is 6.61 Å². The quantitative estimate of drug-likeness (QED) is 0.600. The largest absolute Gasteiger partial charge is 0.466 e. The highest BCUT2D eigenvalue weighted by molar-refractivity contribution is 7.89. The molecule has 1 aromatic rings. The summed E-state index contributed by atoms with van der Waals surface area (Å²) in [5.74, 6) is -0.548. The van der Waals surface area contributed by atoms with E-state index in [9.17, 15) is 18.0 Å². The van der Waals surface area contributed by atoms with Crippen molar-refractivity contribution in [2.24, 2.45) is 11.3 Å². The van der Waals surface area contributed by atoms with Crippen LogP contribution in [0.1, 0.15) is 73.8 Å². The molecule has 1 aliphatic carbocycles. The van der Waals surface area contributed by atoms with Crippen molar-refractivity contribution in [3.05, 3.63) is 29.8 Å². The summed E-state index contributed by atoms with van der Waals surface area (Å²) in [5.41, 5.74) is -1.25. The summed E-state index contributed by atoms with van der Waals surface area (Å²) in [7, 11) is -4.15. The van der Waals surface area contributed by atoms with Crippen molar-refractivity contribution in [2.45, 2.75) is 84.3 Å². The van der Waals surface area contributed by atoms with Gasteiger partial charge in [-0.3, -0.25) is 4.79 Å². The Morgan fingerprint density at radius 3 is 1.97 bits per heavy atom. The molecule has 0 N–H and O–H groups in total. The minimum Gasteiger partial charge on any atom is -0.466 e. The zero-order chi connectivity index (χ0) is 24.0. The highest BCUT2D eigenvalue weighted by Gasteiger charge is 2.63. The van der Waals surface area contributed by atoms with Crippen LogP contribution in [-0.2, 0) is 24.3 Å². The summed E-state index contributed by atoms with van der Waals surface area (Å²) in [5, 5.41) is 0. The summed E-state index contributed by atoms with van der Waals surface area (Å²) in [6.45, 7) is 16.1. The van der Waals surface area contributed by atoms with Crippen LogP contribution in [-0.4, -0.2) is 42.5 Å². The van der Waals surface area contributed by atoms with E-state index in [1.807, 2.05) is 13.8 Å². The number of rotatable bonds is 5. The predicted molar refractivity (Wildman–Crippen MR) is 118 cm³/mol. The third kappa shape index (κ3) is 5.22. The van der Waals surface area contributed by atoms with Gasteiger partial charge in [-0.15, -0.1) is 0 Å². The molecule has 7 nitrogen and oxygen atoms in total. The molecular weight excluding hydrogens is 418 g/mol. The molecule has 1 amide bonds. The number of amides is 1. The highest BCUT2D eigenvalue weighted by atomic mass is 32.2. The second-order valence-electron chi connectivity index (χ2n) is 10.5. The van der Waals surface area contributed by atoms with E-state index >= 15 is 0 Å².